The lowest BCUT2D eigenvalue weighted by Crippen LogP contribution is -2.03. The summed E-state index contributed by atoms with van der Waals surface area (Å²) in [7, 11) is 1.84. The summed E-state index contributed by atoms with van der Waals surface area (Å²) < 4.78 is 2.63. The lowest BCUT2D eigenvalue weighted by molar-refractivity contribution is -0.136. The van der Waals surface area contributed by atoms with E-state index in [4.69, 9.17) is 5.11 Å². The van der Waals surface area contributed by atoms with Gasteiger partial charge in [0.1, 0.15) is 5.69 Å². The van der Waals surface area contributed by atoms with Crippen molar-refractivity contribution in [3.05, 3.63) is 39.5 Å². The molecule has 0 radical (unpaired) electrons. The van der Waals surface area contributed by atoms with Gasteiger partial charge in [0, 0.05) is 19.0 Å². The molecule has 2 rings (SSSR count). The molecule has 0 amide bonds. The number of nitrogens with zero attached hydrogens (tertiary/aromatic N) is 2. The third-order valence-electron chi connectivity index (χ3n) is 3.31. The number of hydrogen-bond donors (Lipinski definition) is 1. The first-order chi connectivity index (χ1) is 9.40. The van der Waals surface area contributed by atoms with Crippen molar-refractivity contribution >= 4 is 21.9 Å². The van der Waals surface area contributed by atoms with E-state index in [0.29, 0.717) is 6.42 Å². The number of rotatable bonds is 4. The summed E-state index contributed by atoms with van der Waals surface area (Å²) in [6, 6.07) is 6.23. The van der Waals surface area contributed by atoms with Crippen LogP contribution in [-0.4, -0.2) is 20.9 Å². The van der Waals surface area contributed by atoms with Crippen molar-refractivity contribution in [3.63, 3.8) is 0 Å². The van der Waals surface area contributed by atoms with Gasteiger partial charge in [-0.3, -0.25) is 9.48 Å². The smallest absolute Gasteiger partial charge is 0.303 e. The molecule has 2 aromatic rings. The van der Waals surface area contributed by atoms with Gasteiger partial charge in [-0.1, -0.05) is 23.8 Å². The second kappa shape index (κ2) is 5.79. The lowest BCUT2D eigenvalue weighted by Gasteiger charge is -2.04. The molecule has 1 N–H and O–H groups in total. The quantitative estimate of drug-likeness (QED) is 0.929. The predicted octanol–water partition coefficient (Wildman–Crippen LogP) is 3.48. The zero-order valence-electron chi connectivity index (χ0n) is 11.8. The second-order valence-corrected chi connectivity index (χ2v) is 5.74. The summed E-state index contributed by atoms with van der Waals surface area (Å²) in [6.07, 6.45) is 0.564. The molecule has 1 aromatic carbocycles. The fourth-order valence-corrected chi connectivity index (χ4v) is 3.03. The number of hydrogen-bond acceptors (Lipinski definition) is 2. The van der Waals surface area contributed by atoms with E-state index in [2.05, 4.69) is 53.1 Å². The first kappa shape index (κ1) is 14.8. The Labute approximate surface area is 126 Å². The van der Waals surface area contributed by atoms with Gasteiger partial charge >= 0.3 is 5.97 Å². The Bertz CT molecular complexity index is 662. The standard InChI is InChI=1S/C15H17BrN2O2/c1-9-4-5-11(10(2)8-9)15-14(16)12(18(3)17-15)6-7-13(19)20/h4-5,8H,6-7H2,1-3H3,(H,19,20). The number of benzene rings is 1. The van der Waals surface area contributed by atoms with E-state index in [9.17, 15) is 4.79 Å². The van der Waals surface area contributed by atoms with E-state index in [0.717, 1.165) is 27.0 Å². The van der Waals surface area contributed by atoms with Gasteiger partial charge in [0.2, 0.25) is 0 Å². The molecule has 0 fully saturated rings. The average molecular weight is 337 g/mol. The van der Waals surface area contributed by atoms with Crippen LogP contribution >= 0.6 is 15.9 Å². The van der Waals surface area contributed by atoms with Gasteiger partial charge in [0.15, 0.2) is 0 Å². The summed E-state index contributed by atoms with van der Waals surface area (Å²) in [4.78, 5) is 10.7. The molecule has 0 aliphatic heterocycles. The maximum Gasteiger partial charge on any atom is 0.303 e. The van der Waals surface area contributed by atoms with E-state index in [1.165, 1.54) is 5.56 Å². The van der Waals surface area contributed by atoms with Crippen LogP contribution in [0.1, 0.15) is 23.2 Å². The molecule has 0 saturated heterocycles. The highest BCUT2D eigenvalue weighted by atomic mass is 79.9. The second-order valence-electron chi connectivity index (χ2n) is 4.95. The van der Waals surface area contributed by atoms with Crippen molar-refractivity contribution in [2.45, 2.75) is 26.7 Å². The third-order valence-corrected chi connectivity index (χ3v) is 4.15. The SMILES string of the molecule is Cc1ccc(-c2nn(C)c(CCC(=O)O)c2Br)c(C)c1. The largest absolute Gasteiger partial charge is 0.481 e. The van der Waals surface area contributed by atoms with Crippen molar-refractivity contribution in [1.82, 2.24) is 9.78 Å². The van der Waals surface area contributed by atoms with Crippen LogP contribution in [0.25, 0.3) is 11.3 Å². The molecule has 106 valence electrons. The summed E-state index contributed by atoms with van der Waals surface area (Å²) >= 11 is 3.57. The minimum atomic E-state index is -0.800. The van der Waals surface area contributed by atoms with Crippen LogP contribution in [0.4, 0.5) is 0 Å². The Kier molecular flexibility index (Phi) is 4.28. The Hall–Kier alpha value is -1.62. The number of carbonyl (C=O) groups is 1. The van der Waals surface area contributed by atoms with E-state index in [1.807, 2.05) is 7.05 Å². The zero-order chi connectivity index (χ0) is 14.9. The first-order valence-electron chi connectivity index (χ1n) is 6.41. The van der Waals surface area contributed by atoms with E-state index in [-0.39, 0.29) is 6.42 Å². The molecule has 0 aliphatic carbocycles. The average Bonchev–Trinajstić information content (AvgIpc) is 2.62. The molecule has 4 nitrogen and oxygen atoms in total. The van der Waals surface area contributed by atoms with E-state index in [1.54, 1.807) is 4.68 Å². The van der Waals surface area contributed by atoms with Crippen LogP contribution in [0.2, 0.25) is 0 Å². The summed E-state index contributed by atoms with van der Waals surface area (Å²) in [5, 5.41) is 13.3. The molecule has 1 heterocycles. The normalized spacial score (nSPS) is 10.8. The lowest BCUT2D eigenvalue weighted by atomic mass is 10.0. The molecular weight excluding hydrogens is 320 g/mol. The topological polar surface area (TPSA) is 55.1 Å². The number of aromatic nitrogens is 2. The fourth-order valence-electron chi connectivity index (χ4n) is 2.28. The van der Waals surface area contributed by atoms with Gasteiger partial charge in [-0.2, -0.15) is 5.10 Å². The van der Waals surface area contributed by atoms with Gasteiger partial charge < -0.3 is 5.11 Å². The van der Waals surface area contributed by atoms with E-state index < -0.39 is 5.97 Å². The van der Waals surface area contributed by atoms with Crippen LogP contribution in [0.5, 0.6) is 0 Å². The van der Waals surface area contributed by atoms with Crippen molar-refractivity contribution < 1.29 is 9.90 Å². The van der Waals surface area contributed by atoms with Gasteiger partial charge in [0.05, 0.1) is 16.6 Å². The summed E-state index contributed by atoms with van der Waals surface area (Å²) in [5.74, 6) is -0.800. The Morgan fingerprint density at radius 1 is 1.40 bits per heavy atom. The Morgan fingerprint density at radius 2 is 2.10 bits per heavy atom. The van der Waals surface area contributed by atoms with Crippen molar-refractivity contribution in [2.24, 2.45) is 7.05 Å². The van der Waals surface area contributed by atoms with Crippen LogP contribution in [0, 0.1) is 13.8 Å². The molecule has 0 bridgehead atoms. The number of carboxylic acid groups (broad SMARTS) is 1. The number of aryl methyl sites for hydroxylation is 3. The van der Waals surface area contributed by atoms with Crippen LogP contribution in [0.15, 0.2) is 22.7 Å². The molecule has 0 unspecified atom stereocenters. The molecule has 0 spiro atoms. The van der Waals surface area contributed by atoms with Crippen molar-refractivity contribution in [1.29, 1.82) is 0 Å². The Balaban J connectivity index is 2.43. The molecule has 5 heteroatoms. The van der Waals surface area contributed by atoms with Crippen LogP contribution in [0.3, 0.4) is 0 Å². The minimum absolute atomic E-state index is 0.102. The molecule has 20 heavy (non-hydrogen) atoms. The van der Waals surface area contributed by atoms with Gasteiger partial charge in [-0.25, -0.2) is 0 Å². The highest BCUT2D eigenvalue weighted by molar-refractivity contribution is 9.10. The number of carboxylic acids is 1. The highest BCUT2D eigenvalue weighted by Crippen LogP contribution is 2.33. The predicted molar refractivity (Wildman–Crippen MR) is 81.8 cm³/mol. The van der Waals surface area contributed by atoms with Crippen molar-refractivity contribution in [2.75, 3.05) is 0 Å². The molecular formula is C15H17BrN2O2. The first-order valence-corrected chi connectivity index (χ1v) is 7.20. The van der Waals surface area contributed by atoms with Gasteiger partial charge in [0.25, 0.3) is 0 Å². The third kappa shape index (κ3) is 2.93. The van der Waals surface area contributed by atoms with Gasteiger partial charge in [-0.15, -0.1) is 0 Å². The van der Waals surface area contributed by atoms with E-state index >= 15 is 0 Å². The zero-order valence-corrected chi connectivity index (χ0v) is 13.4. The van der Waals surface area contributed by atoms with Crippen molar-refractivity contribution in [3.8, 4) is 11.3 Å². The molecule has 0 atom stereocenters. The molecule has 0 saturated carbocycles. The maximum atomic E-state index is 10.7. The molecule has 0 aliphatic rings. The maximum absolute atomic E-state index is 10.7. The fraction of sp³-hybridized carbons (Fsp3) is 0.333. The minimum Gasteiger partial charge on any atom is -0.481 e. The summed E-state index contributed by atoms with van der Waals surface area (Å²) in [6.45, 7) is 4.11. The highest BCUT2D eigenvalue weighted by Gasteiger charge is 2.17. The van der Waals surface area contributed by atoms with Crippen LogP contribution < -0.4 is 0 Å². The number of aliphatic carboxylic acids is 1. The van der Waals surface area contributed by atoms with Gasteiger partial charge in [-0.05, 0) is 35.3 Å². The Morgan fingerprint density at radius 3 is 2.70 bits per heavy atom. The number of halogens is 1. The molecule has 1 aromatic heterocycles. The van der Waals surface area contributed by atoms with Crippen LogP contribution in [-0.2, 0) is 18.3 Å². The summed E-state index contributed by atoms with van der Waals surface area (Å²) in [5.41, 5.74) is 5.21. The monoisotopic (exact) mass is 336 g/mol.